The number of sulfonamides is 1. The lowest BCUT2D eigenvalue weighted by Gasteiger charge is -2.36. The first kappa shape index (κ1) is 21.8. The van der Waals surface area contributed by atoms with E-state index in [1.54, 1.807) is 0 Å². The van der Waals surface area contributed by atoms with Gasteiger partial charge >= 0.3 is 0 Å². The van der Waals surface area contributed by atoms with Crippen molar-refractivity contribution < 1.29 is 17.2 Å². The van der Waals surface area contributed by atoms with Crippen LogP contribution < -0.4 is 9.80 Å². The Labute approximate surface area is 181 Å². The second-order valence-corrected chi connectivity index (χ2v) is 9.79. The second-order valence-electron chi connectivity index (χ2n) is 7.89. The molecule has 2 saturated heterocycles. The van der Waals surface area contributed by atoms with Crippen LogP contribution in [0.2, 0.25) is 0 Å². The summed E-state index contributed by atoms with van der Waals surface area (Å²) in [5.74, 6) is 0.532. The first-order chi connectivity index (χ1) is 14.7. The predicted molar refractivity (Wildman–Crippen MR) is 114 cm³/mol. The molecule has 0 aliphatic carbocycles. The van der Waals surface area contributed by atoms with Crippen LogP contribution in [0.5, 0.6) is 0 Å². The number of nitrogens with zero attached hydrogens (tertiary/aromatic N) is 6. The highest BCUT2D eigenvalue weighted by Gasteiger charge is 2.31. The minimum absolute atomic E-state index is 0.158. The van der Waals surface area contributed by atoms with Crippen molar-refractivity contribution in [2.75, 3.05) is 69.2 Å². The molecule has 2 aliphatic rings. The van der Waals surface area contributed by atoms with E-state index in [9.17, 15) is 17.2 Å². The number of rotatable bonds is 4. The van der Waals surface area contributed by atoms with Crippen molar-refractivity contribution in [3.05, 3.63) is 41.7 Å². The van der Waals surface area contributed by atoms with E-state index in [1.807, 2.05) is 17.9 Å². The number of aryl methyl sites for hydroxylation is 1. The van der Waals surface area contributed by atoms with Gasteiger partial charge in [-0.2, -0.15) is 4.31 Å². The highest BCUT2D eigenvalue weighted by Crippen LogP contribution is 2.25. The van der Waals surface area contributed by atoms with Crippen LogP contribution in [0.3, 0.4) is 0 Å². The van der Waals surface area contributed by atoms with E-state index in [1.165, 1.54) is 4.31 Å². The Morgan fingerprint density at radius 2 is 1.39 bits per heavy atom. The minimum Gasteiger partial charge on any atom is -0.354 e. The first-order valence-corrected chi connectivity index (χ1v) is 11.7. The molecule has 1 aromatic carbocycles. The quantitative estimate of drug-likeness (QED) is 0.693. The topological polar surface area (TPSA) is 72.9 Å². The number of aromatic nitrogens is 2. The molecule has 3 heterocycles. The van der Waals surface area contributed by atoms with Crippen LogP contribution in [0.25, 0.3) is 0 Å². The lowest BCUT2D eigenvalue weighted by Crippen LogP contribution is -2.49. The summed E-state index contributed by atoms with van der Waals surface area (Å²) in [6.07, 6.45) is 0. The van der Waals surface area contributed by atoms with Gasteiger partial charge in [0.1, 0.15) is 34.0 Å². The largest absolute Gasteiger partial charge is 0.354 e. The molecule has 2 aromatic rings. The highest BCUT2D eigenvalue weighted by atomic mass is 32.2. The molecular weight excluding hydrogens is 426 g/mol. The number of piperazine rings is 2. The normalized spacial score (nSPS) is 19.1. The maximum absolute atomic E-state index is 14.0. The lowest BCUT2D eigenvalue weighted by atomic mass is 10.3. The van der Waals surface area contributed by atoms with Gasteiger partial charge in [-0.05, 0) is 32.2 Å². The third-order valence-electron chi connectivity index (χ3n) is 5.71. The Morgan fingerprint density at radius 3 is 1.97 bits per heavy atom. The molecule has 31 heavy (non-hydrogen) atoms. The molecule has 0 N–H and O–H groups in total. The molecule has 8 nitrogen and oxygen atoms in total. The summed E-state index contributed by atoms with van der Waals surface area (Å²) < 4.78 is 54.4. The minimum atomic E-state index is -4.11. The number of hydrogen-bond donors (Lipinski definition) is 0. The molecule has 4 rings (SSSR count). The van der Waals surface area contributed by atoms with E-state index in [4.69, 9.17) is 0 Å². The van der Waals surface area contributed by atoms with Crippen molar-refractivity contribution in [3.63, 3.8) is 0 Å². The Morgan fingerprint density at radius 1 is 0.839 bits per heavy atom. The van der Waals surface area contributed by atoms with Gasteiger partial charge in [0.25, 0.3) is 0 Å². The first-order valence-electron chi connectivity index (χ1n) is 10.2. The molecule has 0 bridgehead atoms. The summed E-state index contributed by atoms with van der Waals surface area (Å²) in [5.41, 5.74) is 0. The Hall–Kier alpha value is -2.37. The van der Waals surface area contributed by atoms with Crippen molar-refractivity contribution in [1.82, 2.24) is 19.2 Å². The zero-order valence-corrected chi connectivity index (χ0v) is 18.4. The molecule has 0 radical (unpaired) electrons. The summed E-state index contributed by atoms with van der Waals surface area (Å²) in [4.78, 5) is 15.0. The van der Waals surface area contributed by atoms with E-state index < -0.39 is 26.6 Å². The summed E-state index contributed by atoms with van der Waals surface area (Å²) in [7, 11) is -2.02. The number of likely N-dealkylation sites (N-methyl/N-ethyl adjacent to an activating group) is 1. The maximum atomic E-state index is 14.0. The number of anilines is 2. The van der Waals surface area contributed by atoms with Gasteiger partial charge in [0.05, 0.1) is 0 Å². The van der Waals surface area contributed by atoms with Crippen molar-refractivity contribution in [2.45, 2.75) is 11.8 Å². The van der Waals surface area contributed by atoms with Gasteiger partial charge in [-0.3, -0.25) is 0 Å². The monoisotopic (exact) mass is 452 g/mol. The molecule has 168 valence electrons. The van der Waals surface area contributed by atoms with E-state index in [-0.39, 0.29) is 13.1 Å². The molecule has 0 amide bonds. The van der Waals surface area contributed by atoms with Crippen LogP contribution in [0.15, 0.2) is 29.2 Å². The molecule has 1 aromatic heterocycles. The molecule has 2 aliphatic heterocycles. The number of halogens is 2. The smallest absolute Gasteiger partial charge is 0.246 e. The van der Waals surface area contributed by atoms with Gasteiger partial charge in [-0.15, -0.1) is 0 Å². The third kappa shape index (κ3) is 4.63. The van der Waals surface area contributed by atoms with Gasteiger partial charge in [0, 0.05) is 58.4 Å². The standard InChI is InChI=1S/C20H26F2N6O2S/c1-15-23-19(26-7-5-25(2)6-8-26)14-20(24-15)27-9-11-28(12-10-27)31(29,30)18-13-16(21)3-4-17(18)22/h3-4,13-14H,5-12H2,1-2H3. The molecule has 11 heteroatoms. The van der Waals surface area contributed by atoms with Crippen LogP contribution in [0.4, 0.5) is 20.4 Å². The number of benzene rings is 1. The van der Waals surface area contributed by atoms with Crippen molar-refractivity contribution in [2.24, 2.45) is 0 Å². The van der Waals surface area contributed by atoms with Gasteiger partial charge in [0.15, 0.2) is 0 Å². The maximum Gasteiger partial charge on any atom is 0.246 e. The van der Waals surface area contributed by atoms with Gasteiger partial charge in [-0.1, -0.05) is 0 Å². The average molecular weight is 453 g/mol. The van der Waals surface area contributed by atoms with Gasteiger partial charge < -0.3 is 14.7 Å². The van der Waals surface area contributed by atoms with Crippen molar-refractivity contribution in [3.8, 4) is 0 Å². The molecule has 0 saturated carbocycles. The van der Waals surface area contributed by atoms with Crippen molar-refractivity contribution >= 4 is 21.7 Å². The summed E-state index contributed by atoms with van der Waals surface area (Å²) in [5, 5.41) is 0. The zero-order chi connectivity index (χ0) is 22.2. The predicted octanol–water partition coefficient (Wildman–Crippen LogP) is 1.33. The lowest BCUT2D eigenvalue weighted by molar-refractivity contribution is 0.312. The summed E-state index contributed by atoms with van der Waals surface area (Å²) in [6, 6.07) is 4.41. The molecule has 0 atom stereocenters. The van der Waals surface area contributed by atoms with E-state index in [2.05, 4.69) is 26.8 Å². The molecule has 0 unspecified atom stereocenters. The SMILES string of the molecule is Cc1nc(N2CCN(C)CC2)cc(N2CCN(S(=O)(=O)c3cc(F)ccc3F)CC2)n1. The van der Waals surface area contributed by atoms with Crippen LogP contribution >= 0.6 is 0 Å². The fourth-order valence-electron chi connectivity index (χ4n) is 3.87. The second kappa shape index (κ2) is 8.64. The highest BCUT2D eigenvalue weighted by molar-refractivity contribution is 7.89. The van der Waals surface area contributed by atoms with Crippen molar-refractivity contribution in [1.29, 1.82) is 0 Å². The number of hydrogen-bond acceptors (Lipinski definition) is 7. The third-order valence-corrected chi connectivity index (χ3v) is 7.63. The zero-order valence-electron chi connectivity index (χ0n) is 17.6. The molecular formula is C20H26F2N6O2S. The van der Waals surface area contributed by atoms with Crippen LogP contribution in [0, 0.1) is 18.6 Å². The molecule has 2 fully saturated rings. The van der Waals surface area contributed by atoms with E-state index in [0.29, 0.717) is 18.9 Å². The fourth-order valence-corrected chi connectivity index (χ4v) is 5.37. The van der Waals surface area contributed by atoms with Gasteiger partial charge in [-0.25, -0.2) is 27.2 Å². The van der Waals surface area contributed by atoms with E-state index >= 15 is 0 Å². The fraction of sp³-hybridized carbons (Fsp3) is 0.500. The Bertz CT molecular complexity index is 1050. The van der Waals surface area contributed by atoms with Gasteiger partial charge in [0.2, 0.25) is 10.0 Å². The Balaban J connectivity index is 1.48. The van der Waals surface area contributed by atoms with Crippen LogP contribution in [0.1, 0.15) is 5.82 Å². The average Bonchev–Trinajstić information content (AvgIpc) is 2.75. The van der Waals surface area contributed by atoms with Crippen LogP contribution in [-0.2, 0) is 10.0 Å². The summed E-state index contributed by atoms with van der Waals surface area (Å²) >= 11 is 0. The Kier molecular flexibility index (Phi) is 6.09. The molecule has 0 spiro atoms. The van der Waals surface area contributed by atoms with Crippen LogP contribution in [-0.4, -0.2) is 87.0 Å². The van der Waals surface area contributed by atoms with E-state index in [0.717, 1.165) is 56.0 Å². The summed E-state index contributed by atoms with van der Waals surface area (Å²) in [6.45, 7) is 6.66.